The maximum absolute atomic E-state index is 13.3. The van der Waals surface area contributed by atoms with E-state index in [-0.39, 0.29) is 23.8 Å². The Labute approximate surface area is 190 Å². The standard InChI is InChI=1S/C23H28BrN3O2S/c1-3-4-18-19(25-22(28)20-7-8-21(24)30-20)14-27(23(18)29)17-6-5-15-9-11-26(2)12-10-16(15)13-17/h5-8,13,18-19H,3-4,9-12,14H2,1-2H3,(H,25,28)/t18-,19+/m1/s1. The minimum absolute atomic E-state index is 0.101. The predicted octanol–water partition coefficient (Wildman–Crippen LogP) is 4.10. The maximum atomic E-state index is 13.3. The summed E-state index contributed by atoms with van der Waals surface area (Å²) in [7, 11) is 2.16. The number of halogens is 1. The number of anilines is 1. The first-order chi connectivity index (χ1) is 14.5. The number of carbonyl (C=O) groups is 2. The highest BCUT2D eigenvalue weighted by molar-refractivity contribution is 9.11. The number of hydrogen-bond acceptors (Lipinski definition) is 4. The second-order valence-electron chi connectivity index (χ2n) is 8.28. The molecule has 1 saturated heterocycles. The van der Waals surface area contributed by atoms with Crippen molar-refractivity contribution in [3.63, 3.8) is 0 Å². The molecule has 2 atom stereocenters. The molecule has 160 valence electrons. The highest BCUT2D eigenvalue weighted by Gasteiger charge is 2.41. The van der Waals surface area contributed by atoms with Gasteiger partial charge in [-0.25, -0.2) is 0 Å². The summed E-state index contributed by atoms with van der Waals surface area (Å²) in [6.07, 6.45) is 3.75. The van der Waals surface area contributed by atoms with Crippen LogP contribution in [0.1, 0.15) is 40.6 Å². The van der Waals surface area contributed by atoms with Gasteiger partial charge < -0.3 is 15.1 Å². The molecule has 0 saturated carbocycles. The van der Waals surface area contributed by atoms with E-state index in [0.29, 0.717) is 11.4 Å². The second-order valence-corrected chi connectivity index (χ2v) is 10.7. The average Bonchev–Trinajstić information content (AvgIpc) is 3.23. The third-order valence-electron chi connectivity index (χ3n) is 6.19. The van der Waals surface area contributed by atoms with E-state index in [4.69, 9.17) is 0 Å². The number of likely N-dealkylation sites (N-methyl/N-ethyl adjacent to an activating group) is 1. The van der Waals surface area contributed by atoms with Gasteiger partial charge in [-0.15, -0.1) is 11.3 Å². The zero-order valence-electron chi connectivity index (χ0n) is 17.5. The van der Waals surface area contributed by atoms with Gasteiger partial charge in [0.15, 0.2) is 0 Å². The van der Waals surface area contributed by atoms with E-state index >= 15 is 0 Å². The summed E-state index contributed by atoms with van der Waals surface area (Å²) in [6, 6.07) is 9.97. The first-order valence-electron chi connectivity index (χ1n) is 10.6. The zero-order chi connectivity index (χ0) is 21.3. The Morgan fingerprint density at radius 1 is 1.20 bits per heavy atom. The molecule has 2 aliphatic heterocycles. The molecule has 4 rings (SSSR count). The van der Waals surface area contributed by atoms with Gasteiger partial charge in [0.05, 0.1) is 20.6 Å². The van der Waals surface area contributed by atoms with Gasteiger partial charge in [0, 0.05) is 25.3 Å². The van der Waals surface area contributed by atoms with E-state index in [1.165, 1.54) is 22.5 Å². The molecule has 0 spiro atoms. The lowest BCUT2D eigenvalue weighted by atomic mass is 9.97. The smallest absolute Gasteiger partial charge is 0.261 e. The Morgan fingerprint density at radius 2 is 1.97 bits per heavy atom. The second kappa shape index (κ2) is 9.20. The number of amides is 2. The number of carbonyl (C=O) groups excluding carboxylic acids is 2. The van der Waals surface area contributed by atoms with Gasteiger partial charge in [0.25, 0.3) is 5.91 Å². The van der Waals surface area contributed by atoms with Crippen LogP contribution in [0.25, 0.3) is 0 Å². The molecule has 1 N–H and O–H groups in total. The van der Waals surface area contributed by atoms with Crippen LogP contribution in [0.4, 0.5) is 5.69 Å². The largest absolute Gasteiger partial charge is 0.346 e. The zero-order valence-corrected chi connectivity index (χ0v) is 19.9. The van der Waals surface area contributed by atoms with E-state index in [2.05, 4.69) is 58.3 Å². The molecule has 1 fully saturated rings. The van der Waals surface area contributed by atoms with Crippen molar-refractivity contribution < 1.29 is 9.59 Å². The van der Waals surface area contributed by atoms with E-state index in [0.717, 1.165) is 48.2 Å². The van der Waals surface area contributed by atoms with Gasteiger partial charge >= 0.3 is 0 Å². The normalized spacial score (nSPS) is 22.1. The van der Waals surface area contributed by atoms with Crippen LogP contribution < -0.4 is 10.2 Å². The summed E-state index contributed by atoms with van der Waals surface area (Å²) in [4.78, 5) is 30.9. The van der Waals surface area contributed by atoms with Crippen LogP contribution in [0.2, 0.25) is 0 Å². The average molecular weight is 490 g/mol. The molecule has 30 heavy (non-hydrogen) atoms. The van der Waals surface area contributed by atoms with Gasteiger partial charge in [-0.2, -0.15) is 0 Å². The number of rotatable bonds is 5. The van der Waals surface area contributed by atoms with E-state index in [9.17, 15) is 9.59 Å². The van der Waals surface area contributed by atoms with Crippen molar-refractivity contribution in [3.05, 3.63) is 50.1 Å². The molecular weight excluding hydrogens is 462 g/mol. The lowest BCUT2D eigenvalue weighted by Crippen LogP contribution is -2.40. The highest BCUT2D eigenvalue weighted by Crippen LogP contribution is 2.31. The van der Waals surface area contributed by atoms with Gasteiger partial charge in [-0.05, 0) is 77.6 Å². The van der Waals surface area contributed by atoms with E-state index in [1.54, 1.807) is 0 Å². The van der Waals surface area contributed by atoms with Crippen molar-refractivity contribution in [2.75, 3.05) is 31.6 Å². The lowest BCUT2D eigenvalue weighted by molar-refractivity contribution is -0.120. The Hall–Kier alpha value is -1.70. The Bertz CT molecular complexity index is 944. The minimum Gasteiger partial charge on any atom is -0.346 e. The molecule has 0 unspecified atom stereocenters. The number of fused-ring (bicyclic) bond motifs is 1. The molecule has 3 heterocycles. The third kappa shape index (κ3) is 4.48. The van der Waals surface area contributed by atoms with E-state index in [1.807, 2.05) is 17.0 Å². The molecule has 0 bridgehead atoms. The van der Waals surface area contributed by atoms with Crippen molar-refractivity contribution in [3.8, 4) is 0 Å². The first-order valence-corrected chi connectivity index (χ1v) is 12.2. The van der Waals surface area contributed by atoms with Crippen molar-refractivity contribution >= 4 is 44.8 Å². The van der Waals surface area contributed by atoms with E-state index < -0.39 is 0 Å². The quantitative estimate of drug-likeness (QED) is 0.687. The fraction of sp³-hybridized carbons (Fsp3) is 0.478. The fourth-order valence-corrected chi connectivity index (χ4v) is 5.76. The number of thiophene rings is 1. The van der Waals surface area contributed by atoms with Crippen LogP contribution in [0, 0.1) is 5.92 Å². The number of nitrogens with one attached hydrogen (secondary N) is 1. The lowest BCUT2D eigenvalue weighted by Gasteiger charge is -2.19. The van der Waals surface area contributed by atoms with Crippen LogP contribution in [0.3, 0.4) is 0 Å². The first kappa shape index (κ1) is 21.5. The Balaban J connectivity index is 1.54. The Kier molecular flexibility index (Phi) is 6.60. The summed E-state index contributed by atoms with van der Waals surface area (Å²) < 4.78 is 0.928. The molecule has 0 aliphatic carbocycles. The number of benzene rings is 1. The summed E-state index contributed by atoms with van der Waals surface area (Å²) in [6.45, 7) is 4.73. The maximum Gasteiger partial charge on any atom is 0.261 e. The predicted molar refractivity (Wildman–Crippen MR) is 125 cm³/mol. The van der Waals surface area contributed by atoms with Crippen LogP contribution in [-0.2, 0) is 17.6 Å². The third-order valence-corrected chi connectivity index (χ3v) is 7.81. The van der Waals surface area contributed by atoms with Crippen LogP contribution >= 0.6 is 27.3 Å². The molecule has 7 heteroatoms. The number of nitrogens with zero attached hydrogens (tertiary/aromatic N) is 2. The monoisotopic (exact) mass is 489 g/mol. The summed E-state index contributed by atoms with van der Waals surface area (Å²) in [5, 5.41) is 3.13. The summed E-state index contributed by atoms with van der Waals surface area (Å²) >= 11 is 4.82. The minimum atomic E-state index is -0.174. The van der Waals surface area contributed by atoms with Crippen LogP contribution in [-0.4, -0.2) is 49.4 Å². The van der Waals surface area contributed by atoms with Gasteiger partial charge in [0.2, 0.25) is 5.91 Å². The summed E-state index contributed by atoms with van der Waals surface area (Å²) in [5.74, 6) is -0.149. The van der Waals surface area contributed by atoms with Crippen molar-refractivity contribution in [2.24, 2.45) is 5.92 Å². The molecule has 1 aromatic carbocycles. The molecule has 0 radical (unpaired) electrons. The molecule has 1 aromatic heterocycles. The molecule has 2 amide bonds. The topological polar surface area (TPSA) is 52.7 Å². The van der Waals surface area contributed by atoms with Crippen molar-refractivity contribution in [1.82, 2.24) is 10.2 Å². The molecular formula is C23H28BrN3O2S. The molecule has 2 aliphatic rings. The van der Waals surface area contributed by atoms with Crippen molar-refractivity contribution in [1.29, 1.82) is 0 Å². The van der Waals surface area contributed by atoms with Crippen LogP contribution in [0.5, 0.6) is 0 Å². The number of hydrogen-bond donors (Lipinski definition) is 1. The van der Waals surface area contributed by atoms with Gasteiger partial charge in [-0.1, -0.05) is 19.4 Å². The van der Waals surface area contributed by atoms with Gasteiger partial charge in [-0.3, -0.25) is 9.59 Å². The SMILES string of the molecule is CCC[C@H]1C(=O)N(c2ccc3c(c2)CCN(C)CC3)C[C@@H]1NC(=O)c1ccc(Br)s1. The molecule has 2 aromatic rings. The summed E-state index contributed by atoms with van der Waals surface area (Å²) in [5.41, 5.74) is 3.68. The Morgan fingerprint density at radius 3 is 2.67 bits per heavy atom. The highest BCUT2D eigenvalue weighted by atomic mass is 79.9. The van der Waals surface area contributed by atoms with Crippen molar-refractivity contribution in [2.45, 2.75) is 38.6 Å². The fourth-order valence-electron chi connectivity index (χ4n) is 4.47. The van der Waals surface area contributed by atoms with Gasteiger partial charge in [0.1, 0.15) is 0 Å². The molecule has 5 nitrogen and oxygen atoms in total. The van der Waals surface area contributed by atoms with Crippen LogP contribution in [0.15, 0.2) is 34.1 Å².